The second-order valence-corrected chi connectivity index (χ2v) is 18.1. The first-order valence-electron chi connectivity index (χ1n) is 26.2. The number of esters is 2. The van der Waals surface area contributed by atoms with Crippen molar-refractivity contribution in [3.8, 4) is 0 Å². The summed E-state index contributed by atoms with van der Waals surface area (Å²) in [5.74, 6) is -0.00634. The Bertz CT molecular complexity index is 1050. The molecule has 8 nitrogen and oxygen atoms in total. The first-order valence-corrected chi connectivity index (χ1v) is 26.2. The summed E-state index contributed by atoms with van der Waals surface area (Å²) in [6.07, 6.45) is 47.1. The van der Waals surface area contributed by atoms with Crippen LogP contribution < -0.4 is 0 Å². The van der Waals surface area contributed by atoms with Crippen LogP contribution in [0.1, 0.15) is 264 Å². The number of nitrogens with zero attached hydrogens (tertiary/aromatic N) is 3. The Morgan fingerprint density at radius 2 is 1.02 bits per heavy atom. The largest absolute Gasteiger partial charge is 0.466 e. The predicted octanol–water partition coefficient (Wildman–Crippen LogP) is 14.6. The number of aliphatic hydroxyl groups excluding tert-OH is 1. The number of rotatable bonds is 47. The Kier molecular flexibility index (Phi) is 40.9. The highest BCUT2D eigenvalue weighted by molar-refractivity contribution is 5.69. The van der Waals surface area contributed by atoms with E-state index in [-0.39, 0.29) is 24.6 Å². The predicted molar refractivity (Wildman–Crippen MR) is 253 cm³/mol. The lowest BCUT2D eigenvalue weighted by Gasteiger charge is -2.22. The average Bonchev–Trinajstić information content (AvgIpc) is 3.69. The van der Waals surface area contributed by atoms with E-state index in [0.29, 0.717) is 19.4 Å². The third-order valence-electron chi connectivity index (χ3n) is 12.2. The van der Waals surface area contributed by atoms with E-state index < -0.39 is 0 Å². The standard InChI is InChI=1S/C52H99N3O5/c1-4-7-10-13-16-17-18-27-36-45-59-51(57)39-30-23-19-25-32-41-54(47-49-46-53-55(48-49)43-34-35-44-56)42-33-26-20-24-31-40-52(58)60-50(37-28-21-14-11-8-5-2)38-29-22-15-12-9-6-3/h46,48,50,56H,4-45,47H2,1-3H3. The molecule has 8 heteroatoms. The number of unbranched alkanes of at least 4 members (excludes halogenated alkanes) is 27. The molecule has 0 aromatic carbocycles. The van der Waals surface area contributed by atoms with Crippen LogP contribution in [-0.4, -0.2) is 64.1 Å². The van der Waals surface area contributed by atoms with Crippen molar-refractivity contribution < 1.29 is 24.2 Å². The minimum atomic E-state index is -0.0242. The number of hydrogen-bond donors (Lipinski definition) is 1. The first kappa shape index (κ1) is 56.1. The maximum atomic E-state index is 12.9. The number of carbonyl (C=O) groups is 2. The zero-order valence-electron chi connectivity index (χ0n) is 40.1. The van der Waals surface area contributed by atoms with Gasteiger partial charge in [-0.2, -0.15) is 5.10 Å². The highest BCUT2D eigenvalue weighted by atomic mass is 16.5. The summed E-state index contributed by atoms with van der Waals surface area (Å²) in [7, 11) is 0. The van der Waals surface area contributed by atoms with Crippen LogP contribution in [-0.2, 0) is 32.2 Å². The summed E-state index contributed by atoms with van der Waals surface area (Å²) in [5.41, 5.74) is 1.25. The lowest BCUT2D eigenvalue weighted by Crippen LogP contribution is -2.25. The molecule has 0 saturated carbocycles. The lowest BCUT2D eigenvalue weighted by molar-refractivity contribution is -0.150. The van der Waals surface area contributed by atoms with Crippen LogP contribution >= 0.6 is 0 Å². The molecule has 0 fully saturated rings. The third kappa shape index (κ3) is 36.7. The Morgan fingerprint density at radius 3 is 1.53 bits per heavy atom. The van der Waals surface area contributed by atoms with Crippen LogP contribution in [0.4, 0.5) is 0 Å². The third-order valence-corrected chi connectivity index (χ3v) is 12.2. The van der Waals surface area contributed by atoms with Gasteiger partial charge in [-0.15, -0.1) is 0 Å². The number of aryl methyl sites for hydroxylation is 1. The monoisotopic (exact) mass is 846 g/mol. The van der Waals surface area contributed by atoms with Gasteiger partial charge in [-0.3, -0.25) is 19.2 Å². The molecule has 0 bridgehead atoms. The maximum absolute atomic E-state index is 12.9. The fourth-order valence-electron chi connectivity index (χ4n) is 8.28. The normalized spacial score (nSPS) is 11.6. The summed E-state index contributed by atoms with van der Waals surface area (Å²) in [6, 6.07) is 0. The van der Waals surface area contributed by atoms with Crippen molar-refractivity contribution in [1.82, 2.24) is 14.7 Å². The zero-order valence-corrected chi connectivity index (χ0v) is 40.1. The SMILES string of the molecule is CCCCCCCCCCCOC(=O)CCCCCCCN(CCCCCCCC(=O)OC(CCCCCCCC)CCCCCCCC)Cc1cnn(CCCCO)c1. The van der Waals surface area contributed by atoms with Crippen molar-refractivity contribution in [2.75, 3.05) is 26.3 Å². The molecule has 0 saturated heterocycles. The summed E-state index contributed by atoms with van der Waals surface area (Å²) in [4.78, 5) is 27.7. The molecule has 60 heavy (non-hydrogen) atoms. The van der Waals surface area contributed by atoms with E-state index in [1.165, 1.54) is 147 Å². The van der Waals surface area contributed by atoms with Crippen molar-refractivity contribution in [2.45, 2.75) is 278 Å². The van der Waals surface area contributed by atoms with E-state index in [4.69, 9.17) is 14.6 Å². The van der Waals surface area contributed by atoms with E-state index >= 15 is 0 Å². The highest BCUT2D eigenvalue weighted by Crippen LogP contribution is 2.19. The average molecular weight is 846 g/mol. The maximum Gasteiger partial charge on any atom is 0.306 e. The van der Waals surface area contributed by atoms with E-state index in [1.807, 2.05) is 10.9 Å². The van der Waals surface area contributed by atoms with Gasteiger partial charge in [-0.25, -0.2) is 0 Å². The number of aromatic nitrogens is 2. The second kappa shape index (κ2) is 43.7. The van der Waals surface area contributed by atoms with Crippen molar-refractivity contribution in [3.63, 3.8) is 0 Å². The molecule has 0 aliphatic heterocycles. The topological polar surface area (TPSA) is 93.9 Å². The molecule has 0 spiro atoms. The van der Waals surface area contributed by atoms with E-state index in [2.05, 4.69) is 37.0 Å². The first-order chi connectivity index (χ1) is 29.5. The lowest BCUT2D eigenvalue weighted by atomic mass is 10.0. The molecule has 1 N–H and O–H groups in total. The second-order valence-electron chi connectivity index (χ2n) is 18.1. The molecule has 1 rings (SSSR count). The van der Waals surface area contributed by atoms with Crippen LogP contribution in [0.25, 0.3) is 0 Å². The Labute approximate surface area is 371 Å². The summed E-state index contributed by atoms with van der Waals surface area (Å²) in [6.45, 7) is 11.5. The number of aliphatic hydroxyl groups is 1. The number of hydrogen-bond acceptors (Lipinski definition) is 7. The van der Waals surface area contributed by atoms with Gasteiger partial charge in [0.2, 0.25) is 0 Å². The van der Waals surface area contributed by atoms with Gasteiger partial charge in [0.15, 0.2) is 0 Å². The van der Waals surface area contributed by atoms with Crippen LogP contribution in [0.3, 0.4) is 0 Å². The van der Waals surface area contributed by atoms with Gasteiger partial charge in [0.05, 0.1) is 12.8 Å². The minimum absolute atomic E-state index is 0.0179. The molecule has 1 aromatic rings. The molecule has 352 valence electrons. The van der Waals surface area contributed by atoms with Crippen LogP contribution in [0.5, 0.6) is 0 Å². The molecule has 0 aliphatic carbocycles. The number of ether oxygens (including phenoxy) is 2. The van der Waals surface area contributed by atoms with Gasteiger partial charge in [0.25, 0.3) is 0 Å². The quantitative estimate of drug-likeness (QED) is 0.0516. The van der Waals surface area contributed by atoms with Crippen molar-refractivity contribution in [3.05, 3.63) is 18.0 Å². The van der Waals surface area contributed by atoms with Crippen LogP contribution in [0.2, 0.25) is 0 Å². The van der Waals surface area contributed by atoms with Gasteiger partial charge in [-0.1, -0.05) is 175 Å². The smallest absolute Gasteiger partial charge is 0.306 e. The molecule has 1 heterocycles. The van der Waals surface area contributed by atoms with Gasteiger partial charge in [-0.05, 0) is 83.7 Å². The van der Waals surface area contributed by atoms with Gasteiger partial charge >= 0.3 is 11.9 Å². The van der Waals surface area contributed by atoms with Gasteiger partial charge < -0.3 is 14.6 Å². The van der Waals surface area contributed by atoms with Crippen molar-refractivity contribution in [2.24, 2.45) is 0 Å². The Hall–Kier alpha value is -1.93. The van der Waals surface area contributed by atoms with Crippen LogP contribution in [0, 0.1) is 0 Å². The number of carbonyl (C=O) groups excluding carboxylic acids is 2. The van der Waals surface area contributed by atoms with Crippen LogP contribution in [0.15, 0.2) is 12.4 Å². The summed E-state index contributed by atoms with van der Waals surface area (Å²) in [5, 5.41) is 13.7. The molecule has 0 amide bonds. The molecule has 0 aliphatic rings. The Balaban J connectivity index is 2.35. The zero-order chi connectivity index (χ0) is 43.4. The van der Waals surface area contributed by atoms with Gasteiger partial charge in [0.1, 0.15) is 6.10 Å². The molecule has 0 radical (unpaired) electrons. The molecule has 0 unspecified atom stereocenters. The molecule has 1 aromatic heterocycles. The molecular formula is C52H99N3O5. The molecule has 0 atom stereocenters. The Morgan fingerprint density at radius 1 is 0.567 bits per heavy atom. The summed E-state index contributed by atoms with van der Waals surface area (Å²) < 4.78 is 13.6. The molecular weight excluding hydrogens is 747 g/mol. The summed E-state index contributed by atoms with van der Waals surface area (Å²) >= 11 is 0. The minimum Gasteiger partial charge on any atom is -0.466 e. The van der Waals surface area contributed by atoms with Crippen molar-refractivity contribution >= 4 is 11.9 Å². The fraction of sp³-hybridized carbons (Fsp3) is 0.904. The van der Waals surface area contributed by atoms with E-state index in [0.717, 1.165) is 110 Å². The highest BCUT2D eigenvalue weighted by Gasteiger charge is 2.15. The van der Waals surface area contributed by atoms with Crippen molar-refractivity contribution in [1.29, 1.82) is 0 Å². The van der Waals surface area contributed by atoms with Gasteiger partial charge in [0, 0.05) is 44.3 Å². The fourth-order valence-corrected chi connectivity index (χ4v) is 8.28. The van der Waals surface area contributed by atoms with E-state index in [9.17, 15) is 9.59 Å². The van der Waals surface area contributed by atoms with E-state index in [1.54, 1.807) is 0 Å².